The highest BCUT2D eigenvalue weighted by Crippen LogP contribution is 2.20. The minimum absolute atomic E-state index is 0.00516. The first kappa shape index (κ1) is 22.5. The third-order valence-electron chi connectivity index (χ3n) is 4.79. The summed E-state index contributed by atoms with van der Waals surface area (Å²) in [6.45, 7) is 3.91. The second-order valence-electron chi connectivity index (χ2n) is 7.10. The van der Waals surface area contributed by atoms with E-state index in [9.17, 15) is 14.4 Å². The molecule has 0 spiro atoms. The van der Waals surface area contributed by atoms with Gasteiger partial charge in [-0.1, -0.05) is 66.7 Å². The quantitative estimate of drug-likeness (QED) is 0.449. The Morgan fingerprint density at radius 3 is 2.12 bits per heavy atom. The molecule has 3 N–H and O–H groups in total. The van der Waals surface area contributed by atoms with E-state index < -0.39 is 6.04 Å². The molecule has 3 rings (SSSR count). The molecule has 0 fully saturated rings. The maximum Gasteiger partial charge on any atom is 0.253 e. The molecule has 0 heterocycles. The van der Waals surface area contributed by atoms with Crippen molar-refractivity contribution in [1.82, 2.24) is 10.6 Å². The fraction of sp³-hybridized carbons (Fsp3) is 0.115. The van der Waals surface area contributed by atoms with Crippen molar-refractivity contribution in [3.8, 4) is 0 Å². The first-order valence-electron chi connectivity index (χ1n) is 10.3. The lowest BCUT2D eigenvalue weighted by Gasteiger charge is -2.20. The standard InChI is InChI=1S/C26H25N3O3/c1-2-17-27-26(32)21-15-9-10-16-22(21)28-24(30)18-23(19-11-5-3-6-12-19)29-25(31)20-13-7-4-8-14-20/h2-16,23H,1,17-18H2,(H,27,32)(H,28,30)(H,29,31). The van der Waals surface area contributed by atoms with E-state index in [1.165, 1.54) is 0 Å². The van der Waals surface area contributed by atoms with Crippen molar-refractivity contribution in [3.05, 3.63) is 114 Å². The van der Waals surface area contributed by atoms with Crippen LogP contribution >= 0.6 is 0 Å². The van der Waals surface area contributed by atoms with Crippen molar-refractivity contribution in [2.75, 3.05) is 11.9 Å². The molecule has 3 amide bonds. The van der Waals surface area contributed by atoms with E-state index in [2.05, 4.69) is 22.5 Å². The van der Waals surface area contributed by atoms with E-state index in [4.69, 9.17) is 0 Å². The zero-order chi connectivity index (χ0) is 22.8. The molecule has 1 atom stereocenters. The number of amides is 3. The van der Waals surface area contributed by atoms with Crippen molar-refractivity contribution in [2.45, 2.75) is 12.5 Å². The number of anilines is 1. The van der Waals surface area contributed by atoms with Crippen LogP contribution in [-0.4, -0.2) is 24.3 Å². The Morgan fingerprint density at radius 1 is 0.812 bits per heavy atom. The molecule has 3 aromatic rings. The number of rotatable bonds is 9. The molecule has 0 saturated carbocycles. The van der Waals surface area contributed by atoms with Crippen LogP contribution in [0, 0.1) is 0 Å². The second kappa shape index (κ2) is 11.3. The number of para-hydroxylation sites is 1. The van der Waals surface area contributed by atoms with E-state index in [1.807, 2.05) is 36.4 Å². The van der Waals surface area contributed by atoms with Gasteiger partial charge >= 0.3 is 0 Å². The molecule has 0 aliphatic carbocycles. The molecule has 0 bridgehead atoms. The number of carbonyl (C=O) groups excluding carboxylic acids is 3. The maximum absolute atomic E-state index is 12.9. The summed E-state index contributed by atoms with van der Waals surface area (Å²) in [5, 5.41) is 8.45. The Balaban J connectivity index is 1.76. The first-order chi connectivity index (χ1) is 15.6. The summed E-state index contributed by atoms with van der Waals surface area (Å²) in [5.74, 6) is -0.898. The predicted molar refractivity (Wildman–Crippen MR) is 125 cm³/mol. The monoisotopic (exact) mass is 427 g/mol. The number of hydrogen-bond acceptors (Lipinski definition) is 3. The highest BCUT2D eigenvalue weighted by molar-refractivity contribution is 6.04. The molecular formula is C26H25N3O3. The molecular weight excluding hydrogens is 402 g/mol. The summed E-state index contributed by atoms with van der Waals surface area (Å²) in [6.07, 6.45) is 1.59. The highest BCUT2D eigenvalue weighted by Gasteiger charge is 2.20. The summed E-state index contributed by atoms with van der Waals surface area (Å²) >= 11 is 0. The van der Waals surface area contributed by atoms with Gasteiger partial charge in [-0.25, -0.2) is 0 Å². The Bertz CT molecular complexity index is 1080. The fourth-order valence-corrected chi connectivity index (χ4v) is 3.21. The van der Waals surface area contributed by atoms with Gasteiger partial charge in [-0.15, -0.1) is 6.58 Å². The van der Waals surface area contributed by atoms with Crippen LogP contribution in [0.3, 0.4) is 0 Å². The van der Waals surface area contributed by atoms with Crippen LogP contribution in [0.2, 0.25) is 0 Å². The van der Waals surface area contributed by atoms with Gasteiger partial charge in [0.1, 0.15) is 0 Å². The molecule has 0 aromatic heterocycles. The average Bonchev–Trinajstić information content (AvgIpc) is 2.83. The summed E-state index contributed by atoms with van der Waals surface area (Å²) < 4.78 is 0. The van der Waals surface area contributed by atoms with Crippen LogP contribution in [0.15, 0.2) is 97.6 Å². The molecule has 0 aliphatic heterocycles. The van der Waals surface area contributed by atoms with Gasteiger partial charge in [-0.3, -0.25) is 14.4 Å². The van der Waals surface area contributed by atoms with Crippen LogP contribution in [-0.2, 0) is 4.79 Å². The lowest BCUT2D eigenvalue weighted by Crippen LogP contribution is -2.32. The van der Waals surface area contributed by atoms with Gasteiger partial charge in [-0.2, -0.15) is 0 Å². The molecule has 0 aliphatic rings. The van der Waals surface area contributed by atoms with E-state index in [0.29, 0.717) is 23.4 Å². The van der Waals surface area contributed by atoms with Crippen molar-refractivity contribution >= 4 is 23.4 Å². The summed E-state index contributed by atoms with van der Waals surface area (Å²) in [7, 11) is 0. The molecule has 162 valence electrons. The van der Waals surface area contributed by atoms with Gasteiger partial charge in [0.2, 0.25) is 5.91 Å². The number of benzene rings is 3. The number of carbonyl (C=O) groups is 3. The SMILES string of the molecule is C=CCNC(=O)c1ccccc1NC(=O)CC(NC(=O)c1ccccc1)c1ccccc1. The summed E-state index contributed by atoms with van der Waals surface area (Å²) in [5.41, 5.74) is 2.08. The van der Waals surface area contributed by atoms with E-state index in [-0.39, 0.29) is 24.1 Å². The van der Waals surface area contributed by atoms with Crippen molar-refractivity contribution < 1.29 is 14.4 Å². The minimum Gasteiger partial charge on any atom is -0.349 e. The average molecular weight is 428 g/mol. The van der Waals surface area contributed by atoms with E-state index in [0.717, 1.165) is 5.56 Å². The molecule has 32 heavy (non-hydrogen) atoms. The van der Waals surface area contributed by atoms with Crippen molar-refractivity contribution in [2.24, 2.45) is 0 Å². The van der Waals surface area contributed by atoms with Gasteiger partial charge in [0.05, 0.1) is 23.7 Å². The Morgan fingerprint density at radius 2 is 1.44 bits per heavy atom. The zero-order valence-electron chi connectivity index (χ0n) is 17.6. The molecule has 6 nitrogen and oxygen atoms in total. The Hall–Kier alpha value is -4.19. The van der Waals surface area contributed by atoms with E-state index >= 15 is 0 Å². The van der Waals surface area contributed by atoms with Crippen molar-refractivity contribution in [1.29, 1.82) is 0 Å². The van der Waals surface area contributed by atoms with Gasteiger partial charge in [0.15, 0.2) is 0 Å². The number of nitrogens with one attached hydrogen (secondary N) is 3. The minimum atomic E-state index is -0.536. The molecule has 6 heteroatoms. The third-order valence-corrected chi connectivity index (χ3v) is 4.79. The Labute approximate surface area is 187 Å². The Kier molecular flexibility index (Phi) is 7.92. The topological polar surface area (TPSA) is 87.3 Å². The number of hydrogen-bond donors (Lipinski definition) is 3. The third kappa shape index (κ3) is 6.15. The largest absolute Gasteiger partial charge is 0.349 e. The highest BCUT2D eigenvalue weighted by atomic mass is 16.2. The molecule has 3 aromatic carbocycles. The van der Waals surface area contributed by atoms with Crippen LogP contribution in [0.4, 0.5) is 5.69 Å². The van der Waals surface area contributed by atoms with Crippen molar-refractivity contribution in [3.63, 3.8) is 0 Å². The van der Waals surface area contributed by atoms with E-state index in [1.54, 1.807) is 54.6 Å². The van der Waals surface area contributed by atoms with Gasteiger partial charge in [-0.05, 0) is 29.8 Å². The molecule has 1 unspecified atom stereocenters. The summed E-state index contributed by atoms with van der Waals surface area (Å²) in [4.78, 5) is 38.0. The summed E-state index contributed by atoms with van der Waals surface area (Å²) in [6, 6.07) is 24.4. The van der Waals surface area contributed by atoms with Gasteiger partial charge < -0.3 is 16.0 Å². The fourth-order valence-electron chi connectivity index (χ4n) is 3.21. The smallest absolute Gasteiger partial charge is 0.253 e. The lowest BCUT2D eigenvalue weighted by atomic mass is 10.0. The zero-order valence-corrected chi connectivity index (χ0v) is 17.6. The molecule has 0 radical (unpaired) electrons. The van der Waals surface area contributed by atoms with Crippen LogP contribution in [0.1, 0.15) is 38.7 Å². The van der Waals surface area contributed by atoms with Crippen LogP contribution < -0.4 is 16.0 Å². The maximum atomic E-state index is 12.9. The van der Waals surface area contributed by atoms with Crippen LogP contribution in [0.5, 0.6) is 0 Å². The predicted octanol–water partition coefficient (Wildman–Crippen LogP) is 4.10. The second-order valence-corrected chi connectivity index (χ2v) is 7.10. The molecule has 0 saturated heterocycles. The van der Waals surface area contributed by atoms with Crippen LogP contribution in [0.25, 0.3) is 0 Å². The van der Waals surface area contributed by atoms with Gasteiger partial charge in [0, 0.05) is 12.1 Å². The first-order valence-corrected chi connectivity index (χ1v) is 10.3. The van der Waals surface area contributed by atoms with Gasteiger partial charge in [0.25, 0.3) is 11.8 Å². The normalized spacial score (nSPS) is 11.1. The lowest BCUT2D eigenvalue weighted by molar-refractivity contribution is -0.116.